The van der Waals surface area contributed by atoms with Gasteiger partial charge in [-0.15, -0.1) is 0 Å². The van der Waals surface area contributed by atoms with E-state index in [9.17, 15) is 9.59 Å². The Kier molecular flexibility index (Phi) is 3.70. The van der Waals surface area contributed by atoms with E-state index in [1.165, 1.54) is 0 Å². The smallest absolute Gasteiger partial charge is 0.254 e. The van der Waals surface area contributed by atoms with Gasteiger partial charge in [-0.05, 0) is 51.2 Å². The molecule has 2 amide bonds. The highest BCUT2D eigenvalue weighted by atomic mass is 16.2. The topological polar surface area (TPSA) is 49.4 Å². The lowest BCUT2D eigenvalue weighted by Crippen LogP contribution is -2.46. The minimum absolute atomic E-state index is 0.00959. The molecule has 1 aliphatic heterocycles. The summed E-state index contributed by atoms with van der Waals surface area (Å²) in [6.07, 6.45) is 3.82. The molecule has 1 aromatic rings. The second-order valence-electron chi connectivity index (χ2n) is 6.26. The first kappa shape index (κ1) is 14.1. The summed E-state index contributed by atoms with van der Waals surface area (Å²) in [6, 6.07) is 5.95. The molecule has 4 heteroatoms. The first-order chi connectivity index (χ1) is 10.1. The van der Waals surface area contributed by atoms with Gasteiger partial charge in [-0.25, -0.2) is 0 Å². The van der Waals surface area contributed by atoms with E-state index >= 15 is 0 Å². The van der Waals surface area contributed by atoms with Crippen molar-refractivity contribution in [3.05, 3.63) is 34.9 Å². The molecule has 1 heterocycles. The fourth-order valence-corrected chi connectivity index (χ4v) is 2.93. The van der Waals surface area contributed by atoms with Gasteiger partial charge >= 0.3 is 0 Å². The number of nitrogens with zero attached hydrogens (tertiary/aromatic N) is 1. The van der Waals surface area contributed by atoms with Crippen LogP contribution in [0.15, 0.2) is 18.2 Å². The van der Waals surface area contributed by atoms with Crippen LogP contribution >= 0.6 is 0 Å². The van der Waals surface area contributed by atoms with Crippen LogP contribution in [-0.4, -0.2) is 35.3 Å². The van der Waals surface area contributed by atoms with Gasteiger partial charge in [0.25, 0.3) is 5.91 Å². The Labute approximate surface area is 125 Å². The van der Waals surface area contributed by atoms with Crippen molar-refractivity contribution in [1.82, 2.24) is 10.2 Å². The molecule has 1 N–H and O–H groups in total. The van der Waals surface area contributed by atoms with Crippen LogP contribution in [0.2, 0.25) is 0 Å². The van der Waals surface area contributed by atoms with Gasteiger partial charge in [-0.2, -0.15) is 0 Å². The minimum Gasteiger partial charge on any atom is -0.352 e. The van der Waals surface area contributed by atoms with Crippen molar-refractivity contribution in [3.8, 4) is 0 Å². The van der Waals surface area contributed by atoms with E-state index in [-0.39, 0.29) is 17.9 Å². The SMILES string of the molecule is Cc1ccc(C)c(C(=O)N2CCCC2C(=O)NC2CC2)c1. The third-order valence-electron chi connectivity index (χ3n) is 4.36. The molecule has 112 valence electrons. The molecule has 2 aliphatic rings. The summed E-state index contributed by atoms with van der Waals surface area (Å²) in [5, 5.41) is 3.03. The van der Waals surface area contributed by atoms with Gasteiger partial charge in [0.15, 0.2) is 0 Å². The average molecular weight is 286 g/mol. The highest BCUT2D eigenvalue weighted by Crippen LogP contribution is 2.24. The molecule has 0 spiro atoms. The van der Waals surface area contributed by atoms with Crippen molar-refractivity contribution in [1.29, 1.82) is 0 Å². The summed E-state index contributed by atoms with van der Waals surface area (Å²) < 4.78 is 0. The standard InChI is InChI=1S/C17H22N2O2/c1-11-5-6-12(2)14(10-11)17(21)19-9-3-4-15(19)16(20)18-13-7-8-13/h5-6,10,13,15H,3-4,7-9H2,1-2H3,(H,18,20). The van der Waals surface area contributed by atoms with Gasteiger partial charge in [-0.3, -0.25) is 9.59 Å². The Morgan fingerprint density at radius 3 is 2.67 bits per heavy atom. The largest absolute Gasteiger partial charge is 0.352 e. The summed E-state index contributed by atoms with van der Waals surface area (Å²) >= 11 is 0. The summed E-state index contributed by atoms with van der Waals surface area (Å²) in [4.78, 5) is 26.8. The number of hydrogen-bond acceptors (Lipinski definition) is 2. The Bertz CT molecular complexity index is 578. The number of carbonyl (C=O) groups is 2. The number of hydrogen-bond donors (Lipinski definition) is 1. The van der Waals surface area contributed by atoms with Crippen LogP contribution in [0.1, 0.15) is 47.2 Å². The molecule has 1 atom stereocenters. The third kappa shape index (κ3) is 2.94. The average Bonchev–Trinajstić information content (AvgIpc) is 3.13. The van der Waals surface area contributed by atoms with E-state index in [0.717, 1.165) is 42.4 Å². The normalized spacial score (nSPS) is 21.4. The molecule has 21 heavy (non-hydrogen) atoms. The Balaban J connectivity index is 1.78. The zero-order valence-electron chi connectivity index (χ0n) is 12.7. The number of nitrogens with one attached hydrogen (secondary N) is 1. The number of benzene rings is 1. The second kappa shape index (κ2) is 5.51. The van der Waals surface area contributed by atoms with E-state index in [0.29, 0.717) is 12.6 Å². The number of rotatable bonds is 3. The Hall–Kier alpha value is -1.84. The molecular weight excluding hydrogens is 264 g/mol. The molecule has 1 aliphatic carbocycles. The van der Waals surface area contributed by atoms with Crippen LogP contribution in [0.3, 0.4) is 0 Å². The lowest BCUT2D eigenvalue weighted by Gasteiger charge is -2.25. The number of likely N-dealkylation sites (tertiary alicyclic amines) is 1. The highest BCUT2D eigenvalue weighted by Gasteiger charge is 2.37. The van der Waals surface area contributed by atoms with E-state index in [2.05, 4.69) is 5.32 Å². The maximum absolute atomic E-state index is 12.8. The van der Waals surface area contributed by atoms with E-state index in [4.69, 9.17) is 0 Å². The van der Waals surface area contributed by atoms with Crippen molar-refractivity contribution in [2.75, 3.05) is 6.54 Å². The lowest BCUT2D eigenvalue weighted by atomic mass is 10.0. The summed E-state index contributed by atoms with van der Waals surface area (Å²) in [5.74, 6) is 0.0123. The quantitative estimate of drug-likeness (QED) is 0.926. The minimum atomic E-state index is -0.294. The molecule has 1 saturated heterocycles. The predicted octanol–water partition coefficient (Wildman–Crippen LogP) is 2.19. The number of amides is 2. The molecule has 2 fully saturated rings. The summed E-state index contributed by atoms with van der Waals surface area (Å²) in [6.45, 7) is 4.61. The van der Waals surface area contributed by atoms with Crippen LogP contribution in [0.5, 0.6) is 0 Å². The van der Waals surface area contributed by atoms with Crippen molar-refractivity contribution in [3.63, 3.8) is 0 Å². The zero-order valence-corrected chi connectivity index (χ0v) is 12.7. The first-order valence-corrected chi connectivity index (χ1v) is 7.75. The third-order valence-corrected chi connectivity index (χ3v) is 4.36. The van der Waals surface area contributed by atoms with Crippen LogP contribution in [0.4, 0.5) is 0 Å². The van der Waals surface area contributed by atoms with Crippen LogP contribution in [0.25, 0.3) is 0 Å². The van der Waals surface area contributed by atoms with Crippen molar-refractivity contribution in [2.45, 2.75) is 51.6 Å². The number of aryl methyl sites for hydroxylation is 2. The number of carbonyl (C=O) groups excluding carboxylic acids is 2. The molecule has 1 aromatic carbocycles. The predicted molar refractivity (Wildman–Crippen MR) is 81.1 cm³/mol. The van der Waals surface area contributed by atoms with Gasteiger partial charge in [-0.1, -0.05) is 17.7 Å². The first-order valence-electron chi connectivity index (χ1n) is 7.75. The van der Waals surface area contributed by atoms with E-state index in [1.54, 1.807) is 4.90 Å². The van der Waals surface area contributed by atoms with Crippen LogP contribution < -0.4 is 5.32 Å². The Morgan fingerprint density at radius 2 is 1.95 bits per heavy atom. The van der Waals surface area contributed by atoms with Gasteiger partial charge in [0.05, 0.1) is 0 Å². The van der Waals surface area contributed by atoms with Crippen molar-refractivity contribution in [2.24, 2.45) is 0 Å². The van der Waals surface area contributed by atoms with E-state index < -0.39 is 0 Å². The molecule has 3 rings (SSSR count). The molecule has 0 radical (unpaired) electrons. The van der Waals surface area contributed by atoms with Crippen molar-refractivity contribution >= 4 is 11.8 Å². The maximum Gasteiger partial charge on any atom is 0.254 e. The molecule has 4 nitrogen and oxygen atoms in total. The highest BCUT2D eigenvalue weighted by molar-refractivity contribution is 5.99. The zero-order chi connectivity index (χ0) is 15.0. The molecule has 1 unspecified atom stereocenters. The summed E-state index contributed by atoms with van der Waals surface area (Å²) in [5.41, 5.74) is 2.77. The van der Waals surface area contributed by atoms with Gasteiger partial charge in [0.2, 0.25) is 5.91 Å². The molecule has 0 bridgehead atoms. The van der Waals surface area contributed by atoms with Crippen LogP contribution in [-0.2, 0) is 4.79 Å². The van der Waals surface area contributed by atoms with Gasteiger partial charge in [0.1, 0.15) is 6.04 Å². The van der Waals surface area contributed by atoms with Gasteiger partial charge < -0.3 is 10.2 Å². The van der Waals surface area contributed by atoms with Gasteiger partial charge in [0, 0.05) is 18.2 Å². The fraction of sp³-hybridized carbons (Fsp3) is 0.529. The maximum atomic E-state index is 12.8. The molecule has 1 saturated carbocycles. The van der Waals surface area contributed by atoms with Crippen molar-refractivity contribution < 1.29 is 9.59 Å². The summed E-state index contributed by atoms with van der Waals surface area (Å²) in [7, 11) is 0. The monoisotopic (exact) mass is 286 g/mol. The van der Waals surface area contributed by atoms with E-state index in [1.807, 2.05) is 32.0 Å². The van der Waals surface area contributed by atoms with Crippen LogP contribution in [0, 0.1) is 13.8 Å². The molecule has 0 aromatic heterocycles. The Morgan fingerprint density at radius 1 is 1.19 bits per heavy atom. The fourth-order valence-electron chi connectivity index (χ4n) is 2.93. The molecular formula is C17H22N2O2. The second-order valence-corrected chi connectivity index (χ2v) is 6.26. The lowest BCUT2D eigenvalue weighted by molar-refractivity contribution is -0.125.